The highest BCUT2D eigenvalue weighted by atomic mass is 16.4. The molecule has 1 aromatic heterocycles. The molecule has 2 rings (SSSR count). The number of nitrogens with zero attached hydrogens (tertiary/aromatic N) is 1. The molecule has 1 unspecified atom stereocenters. The van der Waals surface area contributed by atoms with Gasteiger partial charge in [-0.1, -0.05) is 6.42 Å². The van der Waals surface area contributed by atoms with Crippen molar-refractivity contribution >= 4 is 11.8 Å². The number of carboxylic acids is 1. The molecule has 1 aliphatic rings. The second-order valence-corrected chi connectivity index (χ2v) is 4.76. The van der Waals surface area contributed by atoms with E-state index in [9.17, 15) is 4.79 Å². The maximum atomic E-state index is 10.9. The molecule has 1 saturated carbocycles. The highest BCUT2D eigenvalue weighted by Crippen LogP contribution is 2.30. The number of carbonyl (C=O) groups is 1. The summed E-state index contributed by atoms with van der Waals surface area (Å²) < 4.78 is 0. The van der Waals surface area contributed by atoms with Gasteiger partial charge in [-0.15, -0.1) is 0 Å². The van der Waals surface area contributed by atoms with Crippen LogP contribution in [0.3, 0.4) is 0 Å². The molecule has 0 spiro atoms. The summed E-state index contributed by atoms with van der Waals surface area (Å²) in [7, 11) is 0. The van der Waals surface area contributed by atoms with Crippen molar-refractivity contribution in [1.82, 2.24) is 4.98 Å². The van der Waals surface area contributed by atoms with E-state index in [1.807, 2.05) is 0 Å². The zero-order valence-corrected chi connectivity index (χ0v) is 10.2. The van der Waals surface area contributed by atoms with Crippen LogP contribution in [0.5, 0.6) is 0 Å². The molecule has 2 N–H and O–H groups in total. The smallest absolute Gasteiger partial charge is 0.337 e. The van der Waals surface area contributed by atoms with E-state index in [-0.39, 0.29) is 5.56 Å². The maximum absolute atomic E-state index is 10.9. The Bertz CT molecular complexity index is 427. The number of nitrogens with one attached hydrogen (secondary N) is 1. The van der Waals surface area contributed by atoms with Gasteiger partial charge in [0.15, 0.2) is 0 Å². The lowest BCUT2D eigenvalue weighted by Gasteiger charge is -2.32. The van der Waals surface area contributed by atoms with Crippen LogP contribution >= 0.6 is 0 Å². The Labute approximate surface area is 101 Å². The zero-order valence-electron chi connectivity index (χ0n) is 10.2. The minimum atomic E-state index is -0.923. The molecular weight excluding hydrogens is 216 g/mol. The van der Waals surface area contributed by atoms with Gasteiger partial charge in [0.05, 0.1) is 11.3 Å². The quantitative estimate of drug-likeness (QED) is 0.840. The molecule has 0 aromatic carbocycles. The molecule has 0 saturated heterocycles. The molecule has 1 aliphatic carbocycles. The van der Waals surface area contributed by atoms with Crippen LogP contribution in [0.25, 0.3) is 0 Å². The van der Waals surface area contributed by atoms with Gasteiger partial charge in [-0.05, 0) is 44.7 Å². The van der Waals surface area contributed by atoms with Crippen molar-refractivity contribution < 1.29 is 9.90 Å². The van der Waals surface area contributed by atoms with Gasteiger partial charge in [0.2, 0.25) is 0 Å². The number of anilines is 1. The monoisotopic (exact) mass is 234 g/mol. The van der Waals surface area contributed by atoms with E-state index in [1.54, 1.807) is 19.1 Å². The van der Waals surface area contributed by atoms with Crippen molar-refractivity contribution in [1.29, 1.82) is 0 Å². The van der Waals surface area contributed by atoms with Gasteiger partial charge in [-0.3, -0.25) is 0 Å². The predicted molar refractivity (Wildman–Crippen MR) is 66.4 cm³/mol. The van der Waals surface area contributed by atoms with Crippen molar-refractivity contribution in [3.8, 4) is 0 Å². The fourth-order valence-corrected chi connectivity index (χ4v) is 2.16. The van der Waals surface area contributed by atoms with E-state index in [1.165, 1.54) is 19.3 Å². The Morgan fingerprint density at radius 3 is 2.71 bits per heavy atom. The van der Waals surface area contributed by atoms with Gasteiger partial charge in [-0.2, -0.15) is 0 Å². The molecule has 1 heterocycles. The van der Waals surface area contributed by atoms with Crippen molar-refractivity contribution in [2.75, 3.05) is 5.32 Å². The number of pyridine rings is 1. The van der Waals surface area contributed by atoms with Crippen LogP contribution in [0.4, 0.5) is 5.82 Å². The van der Waals surface area contributed by atoms with E-state index in [0.29, 0.717) is 11.7 Å². The molecule has 1 atom stereocenters. The second-order valence-electron chi connectivity index (χ2n) is 4.76. The van der Waals surface area contributed by atoms with Gasteiger partial charge in [0, 0.05) is 6.04 Å². The van der Waals surface area contributed by atoms with Gasteiger partial charge in [-0.25, -0.2) is 9.78 Å². The fraction of sp³-hybridized carbons (Fsp3) is 0.538. The molecular formula is C13H18N2O2. The summed E-state index contributed by atoms with van der Waals surface area (Å²) in [5, 5.41) is 12.3. The summed E-state index contributed by atoms with van der Waals surface area (Å²) in [5.74, 6) is 0.580. The Kier molecular flexibility index (Phi) is 3.31. The normalized spacial score (nSPS) is 17.3. The van der Waals surface area contributed by atoms with Crippen LogP contribution in [0.15, 0.2) is 12.1 Å². The summed E-state index contributed by atoms with van der Waals surface area (Å²) in [6.45, 7) is 3.88. The van der Waals surface area contributed by atoms with E-state index in [2.05, 4.69) is 17.2 Å². The molecule has 0 aliphatic heterocycles. The average molecular weight is 234 g/mol. The number of aromatic nitrogens is 1. The number of hydrogen-bond donors (Lipinski definition) is 2. The van der Waals surface area contributed by atoms with Crippen LogP contribution in [0, 0.1) is 12.8 Å². The molecule has 17 heavy (non-hydrogen) atoms. The molecule has 0 radical (unpaired) electrons. The largest absolute Gasteiger partial charge is 0.478 e. The first-order valence-electron chi connectivity index (χ1n) is 6.05. The summed E-state index contributed by atoms with van der Waals surface area (Å²) in [6.07, 6.45) is 3.88. The molecule has 0 bridgehead atoms. The molecule has 92 valence electrons. The fourth-order valence-electron chi connectivity index (χ4n) is 2.16. The van der Waals surface area contributed by atoms with E-state index < -0.39 is 5.97 Å². The summed E-state index contributed by atoms with van der Waals surface area (Å²) in [4.78, 5) is 15.1. The van der Waals surface area contributed by atoms with E-state index >= 15 is 0 Å². The van der Waals surface area contributed by atoms with Gasteiger partial charge < -0.3 is 10.4 Å². The summed E-state index contributed by atoms with van der Waals surface area (Å²) in [5.41, 5.74) is 0.829. The third kappa shape index (κ3) is 2.57. The SMILES string of the molecule is Cc1nc(NC(C)C2CCC2)ccc1C(=O)O. The van der Waals surface area contributed by atoms with Gasteiger partial charge in [0.1, 0.15) is 5.82 Å². The van der Waals surface area contributed by atoms with Gasteiger partial charge >= 0.3 is 5.97 Å². The van der Waals surface area contributed by atoms with Crippen LogP contribution in [-0.4, -0.2) is 22.1 Å². The van der Waals surface area contributed by atoms with Gasteiger partial charge in [0.25, 0.3) is 0 Å². The highest BCUT2D eigenvalue weighted by molar-refractivity contribution is 5.89. The number of hydrogen-bond acceptors (Lipinski definition) is 3. The summed E-state index contributed by atoms with van der Waals surface area (Å²) >= 11 is 0. The topological polar surface area (TPSA) is 62.2 Å². The first-order chi connectivity index (χ1) is 8.08. The first kappa shape index (κ1) is 11.9. The van der Waals surface area contributed by atoms with Crippen molar-refractivity contribution in [2.45, 2.75) is 39.2 Å². The van der Waals surface area contributed by atoms with E-state index in [4.69, 9.17) is 5.11 Å². The van der Waals surface area contributed by atoms with E-state index in [0.717, 1.165) is 11.7 Å². The molecule has 4 heteroatoms. The number of carboxylic acid groups (broad SMARTS) is 1. The average Bonchev–Trinajstić information content (AvgIpc) is 2.13. The highest BCUT2D eigenvalue weighted by Gasteiger charge is 2.24. The minimum absolute atomic E-state index is 0.270. The third-order valence-corrected chi connectivity index (χ3v) is 3.55. The lowest BCUT2D eigenvalue weighted by Crippen LogP contribution is -2.31. The molecule has 1 aromatic rings. The molecule has 1 fully saturated rings. The standard InChI is InChI=1S/C13H18N2O2/c1-8(10-4-3-5-10)14-12-7-6-11(13(16)17)9(2)15-12/h6-8,10H,3-5H2,1-2H3,(H,14,15)(H,16,17). The molecule has 4 nitrogen and oxygen atoms in total. The van der Waals surface area contributed by atoms with Crippen LogP contribution in [0.1, 0.15) is 42.2 Å². The second kappa shape index (κ2) is 4.73. The predicted octanol–water partition coefficient (Wildman–Crippen LogP) is 2.69. The Morgan fingerprint density at radius 2 is 2.24 bits per heavy atom. The number of aromatic carboxylic acids is 1. The Balaban J connectivity index is 2.06. The maximum Gasteiger partial charge on any atom is 0.337 e. The first-order valence-corrected chi connectivity index (χ1v) is 6.05. The minimum Gasteiger partial charge on any atom is -0.478 e. The molecule has 0 amide bonds. The van der Waals surface area contributed by atoms with Crippen molar-refractivity contribution in [3.63, 3.8) is 0 Å². The van der Waals surface area contributed by atoms with Crippen LogP contribution < -0.4 is 5.32 Å². The van der Waals surface area contributed by atoms with Crippen molar-refractivity contribution in [3.05, 3.63) is 23.4 Å². The number of rotatable bonds is 4. The number of aryl methyl sites for hydroxylation is 1. The third-order valence-electron chi connectivity index (χ3n) is 3.55. The Hall–Kier alpha value is -1.58. The van der Waals surface area contributed by atoms with Crippen LogP contribution in [0.2, 0.25) is 0 Å². The lowest BCUT2D eigenvalue weighted by molar-refractivity contribution is 0.0695. The Morgan fingerprint density at radius 1 is 1.53 bits per heavy atom. The van der Waals surface area contributed by atoms with Crippen LogP contribution in [-0.2, 0) is 0 Å². The zero-order chi connectivity index (χ0) is 12.4. The summed E-state index contributed by atoms with van der Waals surface area (Å²) in [6, 6.07) is 3.76. The van der Waals surface area contributed by atoms with Crippen molar-refractivity contribution in [2.24, 2.45) is 5.92 Å². The lowest BCUT2D eigenvalue weighted by atomic mass is 9.80.